The van der Waals surface area contributed by atoms with Crippen LogP contribution in [0.5, 0.6) is 0 Å². The Balaban J connectivity index is 2.51. The average molecular weight is 252 g/mol. The van der Waals surface area contributed by atoms with Crippen molar-refractivity contribution in [1.82, 2.24) is 0 Å². The highest BCUT2D eigenvalue weighted by molar-refractivity contribution is 6.03. The lowest BCUT2D eigenvalue weighted by Crippen LogP contribution is -2.22. The molecule has 0 aliphatic rings. The number of methoxy groups -OCH3 is 1. The number of nitrogens with two attached hydrogens (primary N) is 1. The topological polar surface area (TPSA) is 90.7 Å². The molecule has 3 N–H and O–H groups in total. The SMILES string of the molecule is COCCOCC(=O)Nc1ccccc1C(N)=O. The van der Waals surface area contributed by atoms with E-state index in [1.165, 1.54) is 0 Å². The van der Waals surface area contributed by atoms with Gasteiger partial charge in [0.05, 0.1) is 24.5 Å². The lowest BCUT2D eigenvalue weighted by atomic mass is 10.1. The molecule has 0 aromatic heterocycles. The van der Waals surface area contributed by atoms with Crippen molar-refractivity contribution in [2.45, 2.75) is 0 Å². The van der Waals surface area contributed by atoms with Gasteiger partial charge in [-0.25, -0.2) is 0 Å². The van der Waals surface area contributed by atoms with E-state index in [1.807, 2.05) is 0 Å². The number of ether oxygens (including phenoxy) is 2. The van der Waals surface area contributed by atoms with Gasteiger partial charge in [0, 0.05) is 7.11 Å². The largest absolute Gasteiger partial charge is 0.382 e. The van der Waals surface area contributed by atoms with Gasteiger partial charge in [0.15, 0.2) is 0 Å². The molecule has 98 valence electrons. The lowest BCUT2D eigenvalue weighted by Gasteiger charge is -2.08. The molecular formula is C12H16N2O4. The molecule has 0 aliphatic carbocycles. The van der Waals surface area contributed by atoms with Crippen LogP contribution in [0.2, 0.25) is 0 Å². The van der Waals surface area contributed by atoms with Gasteiger partial charge in [0.25, 0.3) is 5.91 Å². The summed E-state index contributed by atoms with van der Waals surface area (Å²) < 4.78 is 9.83. The maximum Gasteiger partial charge on any atom is 0.250 e. The van der Waals surface area contributed by atoms with E-state index in [-0.39, 0.29) is 18.1 Å². The fourth-order valence-electron chi connectivity index (χ4n) is 1.30. The van der Waals surface area contributed by atoms with Gasteiger partial charge in [-0.2, -0.15) is 0 Å². The number of rotatable bonds is 7. The highest BCUT2D eigenvalue weighted by atomic mass is 16.5. The smallest absolute Gasteiger partial charge is 0.250 e. The van der Waals surface area contributed by atoms with E-state index in [9.17, 15) is 9.59 Å². The number of nitrogens with one attached hydrogen (secondary N) is 1. The summed E-state index contributed by atoms with van der Waals surface area (Å²) in [7, 11) is 1.55. The zero-order valence-corrected chi connectivity index (χ0v) is 10.1. The minimum absolute atomic E-state index is 0.101. The molecule has 18 heavy (non-hydrogen) atoms. The first-order valence-corrected chi connectivity index (χ1v) is 5.40. The highest BCUT2D eigenvalue weighted by Gasteiger charge is 2.09. The van der Waals surface area contributed by atoms with Crippen molar-refractivity contribution in [3.63, 3.8) is 0 Å². The zero-order valence-electron chi connectivity index (χ0n) is 10.1. The summed E-state index contributed by atoms with van der Waals surface area (Å²) in [6.45, 7) is 0.656. The van der Waals surface area contributed by atoms with Crippen LogP contribution in [0, 0.1) is 0 Å². The van der Waals surface area contributed by atoms with E-state index < -0.39 is 5.91 Å². The monoisotopic (exact) mass is 252 g/mol. The maximum absolute atomic E-state index is 11.5. The minimum atomic E-state index is -0.591. The van der Waals surface area contributed by atoms with E-state index >= 15 is 0 Å². The fourth-order valence-corrected chi connectivity index (χ4v) is 1.30. The molecule has 2 amide bonds. The quantitative estimate of drug-likeness (QED) is 0.687. The third-order valence-corrected chi connectivity index (χ3v) is 2.13. The molecule has 0 aliphatic heterocycles. The number of anilines is 1. The molecule has 1 aromatic carbocycles. The summed E-state index contributed by atoms with van der Waals surface area (Å²) in [5.41, 5.74) is 5.84. The summed E-state index contributed by atoms with van der Waals surface area (Å²) in [5, 5.41) is 2.56. The average Bonchev–Trinajstić information content (AvgIpc) is 2.35. The predicted octanol–water partition coefficient (Wildman–Crippen LogP) is 0.387. The van der Waals surface area contributed by atoms with E-state index in [4.69, 9.17) is 15.2 Å². The predicted molar refractivity (Wildman–Crippen MR) is 66.3 cm³/mol. The van der Waals surface area contributed by atoms with Crippen molar-refractivity contribution in [2.24, 2.45) is 5.73 Å². The van der Waals surface area contributed by atoms with Gasteiger partial charge >= 0.3 is 0 Å². The van der Waals surface area contributed by atoms with Gasteiger partial charge in [-0.05, 0) is 12.1 Å². The number of hydrogen-bond donors (Lipinski definition) is 2. The summed E-state index contributed by atoms with van der Waals surface area (Å²) in [4.78, 5) is 22.6. The van der Waals surface area contributed by atoms with Gasteiger partial charge in [-0.1, -0.05) is 12.1 Å². The molecule has 0 unspecified atom stereocenters. The summed E-state index contributed by atoms with van der Waals surface area (Å²) in [5.74, 6) is -0.939. The van der Waals surface area contributed by atoms with Crippen LogP contribution in [-0.2, 0) is 14.3 Å². The Labute approximate surface area is 105 Å². The second-order valence-corrected chi connectivity index (χ2v) is 3.50. The second-order valence-electron chi connectivity index (χ2n) is 3.50. The molecule has 0 saturated heterocycles. The van der Waals surface area contributed by atoms with Gasteiger partial charge in [-0.3, -0.25) is 9.59 Å². The van der Waals surface area contributed by atoms with E-state index in [2.05, 4.69) is 5.32 Å². The molecule has 0 bridgehead atoms. The zero-order chi connectivity index (χ0) is 13.4. The third-order valence-electron chi connectivity index (χ3n) is 2.13. The van der Waals surface area contributed by atoms with E-state index in [0.29, 0.717) is 18.9 Å². The second kappa shape index (κ2) is 7.41. The Morgan fingerprint density at radius 2 is 2.00 bits per heavy atom. The third kappa shape index (κ3) is 4.52. The number of para-hydroxylation sites is 1. The standard InChI is InChI=1S/C12H16N2O4/c1-17-6-7-18-8-11(15)14-10-5-3-2-4-9(10)12(13)16/h2-5H,6-8H2,1H3,(H2,13,16)(H,14,15). The first kappa shape index (κ1) is 14.1. The van der Waals surface area contributed by atoms with Gasteiger partial charge in [0.2, 0.25) is 5.91 Å². The van der Waals surface area contributed by atoms with Crippen LogP contribution in [0.15, 0.2) is 24.3 Å². The maximum atomic E-state index is 11.5. The molecule has 6 heteroatoms. The first-order chi connectivity index (χ1) is 8.65. The Hall–Kier alpha value is -1.92. The number of benzene rings is 1. The summed E-state index contributed by atoms with van der Waals surface area (Å²) in [6.07, 6.45) is 0. The molecule has 0 atom stereocenters. The van der Waals surface area contributed by atoms with Crippen molar-refractivity contribution in [3.05, 3.63) is 29.8 Å². The van der Waals surface area contributed by atoms with Gasteiger partial charge < -0.3 is 20.5 Å². The molecule has 0 saturated carbocycles. The van der Waals surface area contributed by atoms with Gasteiger partial charge in [-0.15, -0.1) is 0 Å². The normalized spacial score (nSPS) is 10.1. The van der Waals surface area contributed by atoms with Crippen molar-refractivity contribution < 1.29 is 19.1 Å². The van der Waals surface area contributed by atoms with E-state index in [1.54, 1.807) is 31.4 Å². The molecule has 1 aromatic rings. The van der Waals surface area contributed by atoms with Crippen LogP contribution in [0.25, 0.3) is 0 Å². The van der Waals surface area contributed by atoms with Crippen LogP contribution in [-0.4, -0.2) is 38.7 Å². The number of carbonyl (C=O) groups is 2. The van der Waals surface area contributed by atoms with Crippen LogP contribution >= 0.6 is 0 Å². The molecule has 1 rings (SSSR count). The Bertz CT molecular complexity index is 420. The number of carbonyl (C=O) groups excluding carboxylic acids is 2. The van der Waals surface area contributed by atoms with Crippen molar-refractivity contribution in [3.8, 4) is 0 Å². The summed E-state index contributed by atoms with van der Waals surface area (Å²) >= 11 is 0. The van der Waals surface area contributed by atoms with Crippen molar-refractivity contribution >= 4 is 17.5 Å². The fraction of sp³-hybridized carbons (Fsp3) is 0.333. The molecular weight excluding hydrogens is 236 g/mol. The molecule has 0 fully saturated rings. The van der Waals surface area contributed by atoms with Crippen LogP contribution in [0.3, 0.4) is 0 Å². The molecule has 6 nitrogen and oxygen atoms in total. The molecule has 0 spiro atoms. The van der Waals surface area contributed by atoms with Crippen LogP contribution < -0.4 is 11.1 Å². The number of hydrogen-bond acceptors (Lipinski definition) is 4. The van der Waals surface area contributed by atoms with Gasteiger partial charge in [0.1, 0.15) is 6.61 Å². The van der Waals surface area contributed by atoms with E-state index in [0.717, 1.165) is 0 Å². The van der Waals surface area contributed by atoms with Crippen molar-refractivity contribution in [2.75, 3.05) is 32.2 Å². The lowest BCUT2D eigenvalue weighted by molar-refractivity contribution is -0.121. The molecule has 0 radical (unpaired) electrons. The number of primary amides is 1. The molecule has 0 heterocycles. The van der Waals surface area contributed by atoms with Crippen molar-refractivity contribution in [1.29, 1.82) is 0 Å². The summed E-state index contributed by atoms with van der Waals surface area (Å²) in [6, 6.07) is 6.52. The van der Waals surface area contributed by atoms with Crippen LogP contribution in [0.1, 0.15) is 10.4 Å². The Morgan fingerprint density at radius 3 is 2.67 bits per heavy atom. The number of amides is 2. The van der Waals surface area contributed by atoms with Crippen LogP contribution in [0.4, 0.5) is 5.69 Å². The minimum Gasteiger partial charge on any atom is -0.382 e. The first-order valence-electron chi connectivity index (χ1n) is 5.40. The highest BCUT2D eigenvalue weighted by Crippen LogP contribution is 2.13. The Kier molecular flexibility index (Phi) is 5.83. The Morgan fingerprint density at radius 1 is 1.28 bits per heavy atom.